The molecule has 0 unspecified atom stereocenters. The first-order valence-corrected chi connectivity index (χ1v) is 6.70. The molecule has 0 aliphatic rings. The van der Waals surface area contributed by atoms with Crippen molar-refractivity contribution < 1.29 is 26.0 Å². The Bertz CT molecular complexity index is 309. The molecule has 0 heterocycles. The van der Waals surface area contributed by atoms with Gasteiger partial charge in [0, 0.05) is 0 Å². The Kier molecular flexibility index (Phi) is 6.95. The molecule has 0 fully saturated rings. The van der Waals surface area contributed by atoms with E-state index in [4.69, 9.17) is 0 Å². The molecular formula is C8H16F4N2O2S. The lowest BCUT2D eigenvalue weighted by Gasteiger charge is -2.15. The van der Waals surface area contributed by atoms with Crippen molar-refractivity contribution in [1.82, 2.24) is 10.0 Å². The van der Waals surface area contributed by atoms with Crippen molar-refractivity contribution in [3.05, 3.63) is 0 Å². The SMILES string of the molecule is CCNCCCS(=O)(=O)NCC(F)(F)C(F)F. The van der Waals surface area contributed by atoms with Crippen LogP contribution in [0.2, 0.25) is 0 Å². The van der Waals surface area contributed by atoms with E-state index in [-0.39, 0.29) is 12.2 Å². The third-order valence-electron chi connectivity index (χ3n) is 1.86. The second-order valence-electron chi connectivity index (χ2n) is 3.41. The maximum absolute atomic E-state index is 12.4. The minimum absolute atomic E-state index is 0.226. The first-order valence-electron chi connectivity index (χ1n) is 5.05. The van der Waals surface area contributed by atoms with Gasteiger partial charge in [-0.1, -0.05) is 6.92 Å². The number of halogens is 4. The van der Waals surface area contributed by atoms with Crippen molar-refractivity contribution in [3.8, 4) is 0 Å². The summed E-state index contributed by atoms with van der Waals surface area (Å²) in [4.78, 5) is 0. The lowest BCUT2D eigenvalue weighted by Crippen LogP contribution is -2.42. The maximum atomic E-state index is 12.4. The lowest BCUT2D eigenvalue weighted by atomic mass is 10.4. The molecule has 17 heavy (non-hydrogen) atoms. The van der Waals surface area contributed by atoms with Crippen LogP contribution in [0.4, 0.5) is 17.6 Å². The van der Waals surface area contributed by atoms with E-state index in [0.717, 1.165) is 0 Å². The maximum Gasteiger partial charge on any atom is 0.320 e. The van der Waals surface area contributed by atoms with Crippen LogP contribution in [0.1, 0.15) is 13.3 Å². The fraction of sp³-hybridized carbons (Fsp3) is 1.00. The van der Waals surface area contributed by atoms with Gasteiger partial charge in [-0.3, -0.25) is 0 Å². The first-order chi connectivity index (χ1) is 7.71. The van der Waals surface area contributed by atoms with Gasteiger partial charge in [-0.25, -0.2) is 21.9 Å². The quantitative estimate of drug-likeness (QED) is 0.485. The lowest BCUT2D eigenvalue weighted by molar-refractivity contribution is -0.122. The zero-order valence-electron chi connectivity index (χ0n) is 9.35. The summed E-state index contributed by atoms with van der Waals surface area (Å²) in [6.07, 6.45) is -3.66. The van der Waals surface area contributed by atoms with Crippen molar-refractivity contribution in [2.75, 3.05) is 25.4 Å². The van der Waals surface area contributed by atoms with E-state index in [2.05, 4.69) is 5.32 Å². The third-order valence-corrected chi connectivity index (χ3v) is 3.27. The molecule has 0 aromatic carbocycles. The fourth-order valence-corrected chi connectivity index (χ4v) is 2.00. The number of sulfonamides is 1. The zero-order chi connectivity index (χ0) is 13.5. The summed E-state index contributed by atoms with van der Waals surface area (Å²) in [5.74, 6) is -4.71. The molecule has 0 saturated heterocycles. The Morgan fingerprint density at radius 2 is 1.88 bits per heavy atom. The monoisotopic (exact) mass is 280 g/mol. The summed E-state index contributed by atoms with van der Waals surface area (Å²) in [6.45, 7) is 1.34. The topological polar surface area (TPSA) is 58.2 Å². The second kappa shape index (κ2) is 7.12. The van der Waals surface area contributed by atoms with Gasteiger partial charge in [0.15, 0.2) is 0 Å². The number of rotatable bonds is 9. The minimum Gasteiger partial charge on any atom is -0.317 e. The Labute approximate surface area is 97.8 Å². The Morgan fingerprint density at radius 1 is 1.29 bits per heavy atom. The summed E-state index contributed by atoms with van der Waals surface area (Å²) in [7, 11) is -3.93. The zero-order valence-corrected chi connectivity index (χ0v) is 10.2. The van der Waals surface area contributed by atoms with Crippen molar-refractivity contribution in [1.29, 1.82) is 0 Å². The van der Waals surface area contributed by atoms with Gasteiger partial charge < -0.3 is 5.32 Å². The molecule has 0 amide bonds. The molecule has 0 spiro atoms. The average Bonchev–Trinajstić information content (AvgIpc) is 2.22. The average molecular weight is 280 g/mol. The number of hydrogen-bond acceptors (Lipinski definition) is 3. The van der Waals surface area contributed by atoms with Gasteiger partial charge >= 0.3 is 12.3 Å². The second-order valence-corrected chi connectivity index (χ2v) is 5.34. The van der Waals surface area contributed by atoms with Gasteiger partial charge in [-0.05, 0) is 19.5 Å². The van der Waals surface area contributed by atoms with Crippen LogP contribution < -0.4 is 10.0 Å². The van der Waals surface area contributed by atoms with Crippen LogP contribution in [0.15, 0.2) is 0 Å². The molecule has 0 aliphatic carbocycles. The van der Waals surface area contributed by atoms with Gasteiger partial charge in [-0.15, -0.1) is 0 Å². The molecule has 104 valence electrons. The molecule has 0 aromatic heterocycles. The molecule has 4 nitrogen and oxygen atoms in total. The van der Waals surface area contributed by atoms with E-state index in [1.165, 1.54) is 4.72 Å². The number of alkyl halides is 4. The van der Waals surface area contributed by atoms with Crippen LogP contribution in [0.3, 0.4) is 0 Å². The Hall–Kier alpha value is -0.410. The van der Waals surface area contributed by atoms with Gasteiger partial charge in [0.25, 0.3) is 0 Å². The highest BCUT2D eigenvalue weighted by Crippen LogP contribution is 2.21. The largest absolute Gasteiger partial charge is 0.320 e. The van der Waals surface area contributed by atoms with Crippen LogP contribution >= 0.6 is 0 Å². The highest BCUT2D eigenvalue weighted by Gasteiger charge is 2.41. The molecule has 0 aliphatic heterocycles. The molecule has 0 bridgehead atoms. The summed E-state index contributed by atoms with van der Waals surface area (Å²) in [6, 6.07) is 0. The van der Waals surface area contributed by atoms with Crippen LogP contribution in [0.25, 0.3) is 0 Å². The molecule has 9 heteroatoms. The van der Waals surface area contributed by atoms with E-state index >= 15 is 0 Å². The Morgan fingerprint density at radius 3 is 2.35 bits per heavy atom. The first kappa shape index (κ1) is 16.6. The van der Waals surface area contributed by atoms with Crippen molar-refractivity contribution in [2.45, 2.75) is 25.7 Å². The smallest absolute Gasteiger partial charge is 0.317 e. The van der Waals surface area contributed by atoms with Crippen molar-refractivity contribution >= 4 is 10.0 Å². The highest BCUT2D eigenvalue weighted by molar-refractivity contribution is 7.89. The van der Waals surface area contributed by atoms with Gasteiger partial charge in [0.05, 0.1) is 12.3 Å². The van der Waals surface area contributed by atoms with Gasteiger partial charge in [0.2, 0.25) is 10.0 Å². The van der Waals surface area contributed by atoms with Crippen molar-refractivity contribution in [2.24, 2.45) is 0 Å². The molecule has 0 saturated carbocycles. The van der Waals surface area contributed by atoms with Crippen molar-refractivity contribution in [3.63, 3.8) is 0 Å². The normalized spacial score (nSPS) is 13.3. The van der Waals surface area contributed by atoms with Gasteiger partial charge in [0.1, 0.15) is 0 Å². The Balaban J connectivity index is 4.02. The van der Waals surface area contributed by atoms with Crippen LogP contribution in [-0.2, 0) is 10.0 Å². The summed E-state index contributed by atoms with van der Waals surface area (Å²) < 4.78 is 72.1. The molecular weight excluding hydrogens is 264 g/mol. The highest BCUT2D eigenvalue weighted by atomic mass is 32.2. The van der Waals surface area contributed by atoms with E-state index < -0.39 is 28.9 Å². The summed E-state index contributed by atoms with van der Waals surface area (Å²) in [5.41, 5.74) is 0. The summed E-state index contributed by atoms with van der Waals surface area (Å²) >= 11 is 0. The van der Waals surface area contributed by atoms with Crippen LogP contribution in [-0.4, -0.2) is 46.2 Å². The predicted octanol–water partition coefficient (Wildman–Crippen LogP) is 0.806. The molecule has 2 N–H and O–H groups in total. The predicted molar refractivity (Wildman–Crippen MR) is 55.9 cm³/mol. The van der Waals surface area contributed by atoms with Crippen LogP contribution in [0.5, 0.6) is 0 Å². The van der Waals surface area contributed by atoms with E-state index in [1.807, 2.05) is 6.92 Å². The van der Waals surface area contributed by atoms with E-state index in [0.29, 0.717) is 13.1 Å². The number of nitrogens with one attached hydrogen (secondary N) is 2. The summed E-state index contributed by atoms with van der Waals surface area (Å²) in [5, 5.41) is 2.85. The van der Waals surface area contributed by atoms with Crippen LogP contribution in [0, 0.1) is 0 Å². The number of hydrogen-bond donors (Lipinski definition) is 2. The van der Waals surface area contributed by atoms with E-state index in [9.17, 15) is 26.0 Å². The standard InChI is InChI=1S/C8H16F4N2O2S/c1-2-13-4-3-5-17(15,16)14-6-8(11,12)7(9)10/h7,13-14H,2-6H2,1H3. The third kappa shape index (κ3) is 7.50. The molecule has 0 radical (unpaired) electrons. The molecule has 0 atom stereocenters. The minimum atomic E-state index is -4.34. The molecule has 0 aromatic rings. The molecule has 0 rings (SSSR count). The van der Waals surface area contributed by atoms with E-state index in [1.54, 1.807) is 0 Å². The van der Waals surface area contributed by atoms with Gasteiger partial charge in [-0.2, -0.15) is 8.78 Å². The fourth-order valence-electron chi connectivity index (χ4n) is 0.919.